The summed E-state index contributed by atoms with van der Waals surface area (Å²) in [7, 11) is 0. The van der Waals surface area contributed by atoms with Gasteiger partial charge in [-0.1, -0.05) is 65.0 Å². The fourth-order valence-electron chi connectivity index (χ4n) is 4.40. The second kappa shape index (κ2) is 15.6. The SMILES string of the molecule is C=CC/C=C(/CCC#CCCc1cc2cc3cc(C(C)CCCCCCC)sc3cc2s1)SCC. The predicted molar refractivity (Wildman–Crippen MR) is 165 cm³/mol. The Labute approximate surface area is 226 Å². The van der Waals surface area contributed by atoms with Crippen LogP contribution in [-0.4, -0.2) is 5.75 Å². The summed E-state index contributed by atoms with van der Waals surface area (Å²) in [6.07, 6.45) is 17.4. The molecule has 0 N–H and O–H groups in total. The van der Waals surface area contributed by atoms with E-state index in [1.165, 1.54) is 68.5 Å². The van der Waals surface area contributed by atoms with Crippen molar-refractivity contribution < 1.29 is 0 Å². The molecule has 0 spiro atoms. The Kier molecular flexibility index (Phi) is 12.5. The number of rotatable bonds is 15. The maximum absolute atomic E-state index is 3.82. The van der Waals surface area contributed by atoms with Crippen molar-refractivity contribution in [2.45, 2.75) is 97.3 Å². The van der Waals surface area contributed by atoms with Crippen LogP contribution in [0.3, 0.4) is 0 Å². The van der Waals surface area contributed by atoms with Gasteiger partial charge >= 0.3 is 0 Å². The van der Waals surface area contributed by atoms with Crippen LogP contribution in [-0.2, 0) is 6.42 Å². The topological polar surface area (TPSA) is 0 Å². The largest absolute Gasteiger partial charge is 0.140 e. The lowest BCUT2D eigenvalue weighted by atomic mass is 10.0. The molecule has 0 aliphatic heterocycles. The first-order chi connectivity index (χ1) is 17.1. The number of allylic oxidation sites excluding steroid dienone is 3. The highest BCUT2D eigenvalue weighted by atomic mass is 32.2. The first kappa shape index (κ1) is 28.1. The molecule has 1 aromatic carbocycles. The average Bonchev–Trinajstić information content (AvgIpc) is 3.45. The Bertz CT molecular complexity index is 1100. The van der Waals surface area contributed by atoms with E-state index < -0.39 is 0 Å². The molecule has 35 heavy (non-hydrogen) atoms. The van der Waals surface area contributed by atoms with E-state index in [1.54, 1.807) is 4.88 Å². The normalized spacial score (nSPS) is 12.7. The van der Waals surface area contributed by atoms with Crippen molar-refractivity contribution >= 4 is 54.6 Å². The van der Waals surface area contributed by atoms with Crippen LogP contribution in [0.5, 0.6) is 0 Å². The maximum atomic E-state index is 3.82. The van der Waals surface area contributed by atoms with E-state index in [9.17, 15) is 0 Å². The number of benzene rings is 1. The van der Waals surface area contributed by atoms with Crippen LogP contribution >= 0.6 is 34.4 Å². The number of hydrogen-bond acceptors (Lipinski definition) is 3. The lowest BCUT2D eigenvalue weighted by Crippen LogP contribution is -1.90. The summed E-state index contributed by atoms with van der Waals surface area (Å²) in [5, 5.41) is 2.82. The summed E-state index contributed by atoms with van der Waals surface area (Å²) >= 11 is 5.90. The second-order valence-corrected chi connectivity index (χ2v) is 13.0. The van der Waals surface area contributed by atoms with Gasteiger partial charge in [0.25, 0.3) is 0 Å². The minimum atomic E-state index is 0.676. The molecule has 0 saturated carbocycles. The van der Waals surface area contributed by atoms with Crippen LogP contribution in [0, 0.1) is 11.8 Å². The first-order valence-electron chi connectivity index (χ1n) is 13.5. The second-order valence-electron chi connectivity index (χ2n) is 9.37. The molecule has 0 amide bonds. The lowest BCUT2D eigenvalue weighted by Gasteiger charge is -2.08. The molecular formula is C32H42S3. The van der Waals surface area contributed by atoms with Crippen molar-refractivity contribution in [2.75, 3.05) is 5.75 Å². The van der Waals surface area contributed by atoms with Gasteiger partial charge in [0.05, 0.1) is 0 Å². The van der Waals surface area contributed by atoms with Gasteiger partial charge < -0.3 is 0 Å². The van der Waals surface area contributed by atoms with Crippen molar-refractivity contribution in [2.24, 2.45) is 0 Å². The number of hydrogen-bond donors (Lipinski definition) is 0. The summed E-state index contributed by atoms with van der Waals surface area (Å²) in [4.78, 5) is 4.47. The quantitative estimate of drug-likeness (QED) is 0.109. The van der Waals surface area contributed by atoms with Gasteiger partial charge in [-0.3, -0.25) is 0 Å². The van der Waals surface area contributed by atoms with Gasteiger partial charge in [-0.05, 0) is 77.3 Å². The van der Waals surface area contributed by atoms with Crippen molar-refractivity contribution in [3.8, 4) is 11.8 Å². The van der Waals surface area contributed by atoms with Gasteiger partial charge in [0.2, 0.25) is 0 Å². The highest BCUT2D eigenvalue weighted by Gasteiger charge is 2.12. The highest BCUT2D eigenvalue weighted by molar-refractivity contribution is 8.03. The zero-order chi connectivity index (χ0) is 24.9. The molecule has 0 radical (unpaired) electrons. The van der Waals surface area contributed by atoms with Crippen LogP contribution in [0.2, 0.25) is 0 Å². The molecule has 0 aliphatic carbocycles. The zero-order valence-electron chi connectivity index (χ0n) is 22.0. The molecule has 0 fully saturated rings. The van der Waals surface area contributed by atoms with Gasteiger partial charge in [-0.25, -0.2) is 0 Å². The molecule has 3 aromatic rings. The van der Waals surface area contributed by atoms with E-state index in [1.807, 2.05) is 40.5 Å². The van der Waals surface area contributed by atoms with Crippen molar-refractivity contribution in [3.05, 3.63) is 57.7 Å². The third-order valence-corrected chi connectivity index (χ3v) is 9.93. The number of unbranched alkanes of at least 4 members (excludes halogenated alkanes) is 4. The Morgan fingerprint density at radius 1 is 0.971 bits per heavy atom. The fourth-order valence-corrected chi connectivity index (χ4v) is 7.56. The van der Waals surface area contributed by atoms with Crippen LogP contribution in [0.1, 0.15) is 101 Å². The minimum Gasteiger partial charge on any atom is -0.140 e. The Balaban J connectivity index is 1.52. The molecule has 0 nitrogen and oxygen atoms in total. The maximum Gasteiger partial charge on any atom is 0.0360 e. The molecule has 3 heteroatoms. The molecule has 0 bridgehead atoms. The number of thioether (sulfide) groups is 1. The number of aryl methyl sites for hydroxylation is 1. The van der Waals surface area contributed by atoms with Crippen molar-refractivity contribution in [3.63, 3.8) is 0 Å². The van der Waals surface area contributed by atoms with Crippen molar-refractivity contribution in [1.29, 1.82) is 0 Å². The highest BCUT2D eigenvalue weighted by Crippen LogP contribution is 2.38. The third kappa shape index (κ3) is 9.16. The summed E-state index contributed by atoms with van der Waals surface area (Å²) in [5.41, 5.74) is 0. The molecule has 2 heterocycles. The van der Waals surface area contributed by atoms with Gasteiger partial charge in [0.1, 0.15) is 0 Å². The molecule has 0 aliphatic rings. The van der Waals surface area contributed by atoms with E-state index in [0.29, 0.717) is 5.92 Å². The van der Waals surface area contributed by atoms with E-state index in [-0.39, 0.29) is 0 Å². The Morgan fingerprint density at radius 3 is 2.54 bits per heavy atom. The summed E-state index contributed by atoms with van der Waals surface area (Å²) in [6.45, 7) is 10.7. The third-order valence-electron chi connectivity index (χ3n) is 6.41. The van der Waals surface area contributed by atoms with Crippen molar-refractivity contribution in [1.82, 2.24) is 0 Å². The summed E-state index contributed by atoms with van der Waals surface area (Å²) < 4.78 is 2.87. The van der Waals surface area contributed by atoms with E-state index in [4.69, 9.17) is 0 Å². The van der Waals surface area contributed by atoms with Crippen LogP contribution in [0.15, 0.2) is 47.9 Å². The molecule has 0 saturated heterocycles. The van der Waals surface area contributed by atoms with Crippen LogP contribution in [0.25, 0.3) is 20.2 Å². The van der Waals surface area contributed by atoms with Gasteiger partial charge in [-0.2, -0.15) is 0 Å². The van der Waals surface area contributed by atoms with Crippen LogP contribution in [0.4, 0.5) is 0 Å². The van der Waals surface area contributed by atoms with Gasteiger partial charge in [0.15, 0.2) is 0 Å². The van der Waals surface area contributed by atoms with E-state index in [0.717, 1.165) is 37.9 Å². The minimum absolute atomic E-state index is 0.676. The molecule has 2 aromatic heterocycles. The Hall–Kier alpha value is -1.47. The molecule has 1 unspecified atom stereocenters. The number of thiophene rings is 2. The standard InChI is InChI=1S/C32H42S3/c1-5-8-10-11-14-17-25(4)30-23-27-21-26-22-29(34-31(26)24-32(27)35-30)20-16-13-12-15-19-28(33-7-3)18-9-6-2/h6,18,21-25H,2,5,7-11,14-17,19-20H2,1,3-4H3/b28-18-. The first-order valence-corrected chi connectivity index (χ1v) is 16.1. The van der Waals surface area contributed by atoms with Gasteiger partial charge in [-0.15, -0.1) is 52.9 Å². The van der Waals surface area contributed by atoms with Gasteiger partial charge in [0, 0.05) is 32.0 Å². The predicted octanol–water partition coefficient (Wildman–Crippen LogP) is 11.5. The average molecular weight is 523 g/mol. The zero-order valence-corrected chi connectivity index (χ0v) is 24.4. The lowest BCUT2D eigenvalue weighted by molar-refractivity contribution is 0.571. The summed E-state index contributed by atoms with van der Waals surface area (Å²) in [6, 6.07) is 9.68. The van der Waals surface area contributed by atoms with E-state index >= 15 is 0 Å². The Morgan fingerprint density at radius 2 is 1.74 bits per heavy atom. The molecule has 3 rings (SSSR count). The van der Waals surface area contributed by atoms with E-state index in [2.05, 4.69) is 69.5 Å². The fraction of sp³-hybridized carbons (Fsp3) is 0.500. The van der Waals surface area contributed by atoms with Crippen LogP contribution < -0.4 is 0 Å². The monoisotopic (exact) mass is 522 g/mol. The number of fused-ring (bicyclic) bond motifs is 2. The molecule has 1 atom stereocenters. The smallest absolute Gasteiger partial charge is 0.0360 e. The molecule has 188 valence electrons. The molecular weight excluding hydrogens is 481 g/mol. The summed E-state index contributed by atoms with van der Waals surface area (Å²) in [5.74, 6) is 8.60.